The molecule has 0 fully saturated rings. The standard InChI is InChI=1S/C16H23NO3/c1-3-18-13-9-8-12(11-15(13)19-4-2)16(17)14-7-5-6-10-20-14/h7-9,11,16H,3-6,10,17H2,1-2H3. The molecule has 1 aliphatic rings. The van der Waals surface area contributed by atoms with E-state index in [9.17, 15) is 0 Å². The molecule has 0 amide bonds. The largest absolute Gasteiger partial charge is 0.496 e. The van der Waals surface area contributed by atoms with Crippen LogP contribution in [0.1, 0.15) is 38.3 Å². The van der Waals surface area contributed by atoms with Gasteiger partial charge in [-0.15, -0.1) is 0 Å². The topological polar surface area (TPSA) is 53.7 Å². The van der Waals surface area contributed by atoms with Crippen molar-refractivity contribution in [3.63, 3.8) is 0 Å². The molecule has 1 aliphatic heterocycles. The van der Waals surface area contributed by atoms with Gasteiger partial charge in [-0.1, -0.05) is 6.07 Å². The van der Waals surface area contributed by atoms with Crippen LogP contribution in [0, 0.1) is 0 Å². The van der Waals surface area contributed by atoms with Gasteiger partial charge in [-0.3, -0.25) is 0 Å². The highest BCUT2D eigenvalue weighted by Gasteiger charge is 2.17. The van der Waals surface area contributed by atoms with E-state index >= 15 is 0 Å². The summed E-state index contributed by atoms with van der Waals surface area (Å²) in [6.07, 6.45) is 4.16. The van der Waals surface area contributed by atoms with Crippen molar-refractivity contribution in [1.82, 2.24) is 0 Å². The molecular weight excluding hydrogens is 254 g/mol. The summed E-state index contributed by atoms with van der Waals surface area (Å²) in [6.45, 7) is 5.86. The van der Waals surface area contributed by atoms with Gasteiger partial charge in [-0.05, 0) is 50.5 Å². The van der Waals surface area contributed by atoms with E-state index in [0.29, 0.717) is 13.2 Å². The normalized spacial score (nSPS) is 16.1. The van der Waals surface area contributed by atoms with Crippen LogP contribution in [0.15, 0.2) is 30.0 Å². The first-order valence-corrected chi connectivity index (χ1v) is 7.24. The summed E-state index contributed by atoms with van der Waals surface area (Å²) in [5.74, 6) is 2.34. The third-order valence-corrected chi connectivity index (χ3v) is 3.20. The third-order valence-electron chi connectivity index (χ3n) is 3.20. The van der Waals surface area contributed by atoms with Crippen molar-refractivity contribution < 1.29 is 14.2 Å². The molecule has 0 bridgehead atoms. The number of benzene rings is 1. The molecule has 0 saturated heterocycles. The molecule has 20 heavy (non-hydrogen) atoms. The molecule has 0 saturated carbocycles. The average molecular weight is 277 g/mol. The minimum atomic E-state index is -0.245. The Morgan fingerprint density at radius 3 is 2.60 bits per heavy atom. The zero-order valence-corrected chi connectivity index (χ0v) is 12.2. The average Bonchev–Trinajstić information content (AvgIpc) is 2.50. The van der Waals surface area contributed by atoms with Gasteiger partial charge in [0, 0.05) is 0 Å². The number of hydrogen-bond acceptors (Lipinski definition) is 4. The van der Waals surface area contributed by atoms with Crippen molar-refractivity contribution in [3.05, 3.63) is 35.6 Å². The second kappa shape index (κ2) is 7.20. The Morgan fingerprint density at radius 2 is 1.95 bits per heavy atom. The van der Waals surface area contributed by atoms with Gasteiger partial charge in [0.15, 0.2) is 11.5 Å². The van der Waals surface area contributed by atoms with E-state index in [1.807, 2.05) is 32.0 Å². The molecule has 1 atom stereocenters. The van der Waals surface area contributed by atoms with Gasteiger partial charge in [0.2, 0.25) is 0 Å². The molecule has 2 N–H and O–H groups in total. The first-order valence-electron chi connectivity index (χ1n) is 7.24. The summed E-state index contributed by atoms with van der Waals surface area (Å²) >= 11 is 0. The maximum atomic E-state index is 6.27. The Balaban J connectivity index is 2.22. The van der Waals surface area contributed by atoms with Crippen LogP contribution < -0.4 is 15.2 Å². The smallest absolute Gasteiger partial charge is 0.161 e. The lowest BCUT2D eigenvalue weighted by Crippen LogP contribution is -2.18. The quantitative estimate of drug-likeness (QED) is 0.867. The maximum absolute atomic E-state index is 6.27. The summed E-state index contributed by atoms with van der Waals surface area (Å²) in [7, 11) is 0. The van der Waals surface area contributed by atoms with Gasteiger partial charge in [-0.25, -0.2) is 0 Å². The van der Waals surface area contributed by atoms with Gasteiger partial charge < -0.3 is 19.9 Å². The van der Waals surface area contributed by atoms with E-state index in [4.69, 9.17) is 19.9 Å². The zero-order chi connectivity index (χ0) is 14.4. The lowest BCUT2D eigenvalue weighted by Gasteiger charge is -2.22. The van der Waals surface area contributed by atoms with Crippen LogP contribution in [0.5, 0.6) is 11.5 Å². The third kappa shape index (κ3) is 3.45. The lowest BCUT2D eigenvalue weighted by atomic mass is 10.0. The molecule has 1 unspecified atom stereocenters. The molecule has 0 aliphatic carbocycles. The molecule has 1 aromatic carbocycles. The van der Waals surface area contributed by atoms with Crippen molar-refractivity contribution in [3.8, 4) is 11.5 Å². The van der Waals surface area contributed by atoms with E-state index in [1.165, 1.54) is 0 Å². The fraction of sp³-hybridized carbons (Fsp3) is 0.500. The Labute approximate surface area is 120 Å². The molecular formula is C16H23NO3. The van der Waals surface area contributed by atoms with Gasteiger partial charge in [0.05, 0.1) is 25.9 Å². The maximum Gasteiger partial charge on any atom is 0.161 e. The second-order valence-corrected chi connectivity index (χ2v) is 4.65. The number of ether oxygens (including phenoxy) is 3. The van der Waals surface area contributed by atoms with E-state index in [1.54, 1.807) is 0 Å². The molecule has 2 rings (SSSR count). The molecule has 110 valence electrons. The summed E-state index contributed by atoms with van der Waals surface area (Å²) in [5.41, 5.74) is 7.25. The summed E-state index contributed by atoms with van der Waals surface area (Å²) in [5, 5.41) is 0. The Morgan fingerprint density at radius 1 is 1.20 bits per heavy atom. The van der Waals surface area contributed by atoms with Crippen LogP contribution in [0.25, 0.3) is 0 Å². The summed E-state index contributed by atoms with van der Waals surface area (Å²) in [6, 6.07) is 5.58. The van der Waals surface area contributed by atoms with Gasteiger partial charge >= 0.3 is 0 Å². The first kappa shape index (κ1) is 14.7. The van der Waals surface area contributed by atoms with Crippen molar-refractivity contribution in [1.29, 1.82) is 0 Å². The molecule has 4 nitrogen and oxygen atoms in total. The molecule has 0 spiro atoms. The SMILES string of the molecule is CCOc1ccc(C(N)C2=CCCCO2)cc1OCC. The van der Waals surface area contributed by atoms with Crippen molar-refractivity contribution >= 4 is 0 Å². The first-order chi connectivity index (χ1) is 9.76. The monoisotopic (exact) mass is 277 g/mol. The molecule has 0 radical (unpaired) electrons. The van der Waals surface area contributed by atoms with Crippen LogP contribution in [-0.4, -0.2) is 19.8 Å². The number of allylic oxidation sites excluding steroid dienone is 1. The highest BCUT2D eigenvalue weighted by molar-refractivity contribution is 5.45. The highest BCUT2D eigenvalue weighted by Crippen LogP contribution is 2.33. The summed E-state index contributed by atoms with van der Waals surface area (Å²) in [4.78, 5) is 0. The Kier molecular flexibility index (Phi) is 5.30. The fourth-order valence-corrected chi connectivity index (χ4v) is 2.22. The minimum Gasteiger partial charge on any atom is -0.496 e. The van der Waals surface area contributed by atoms with E-state index in [0.717, 1.165) is 42.3 Å². The summed E-state index contributed by atoms with van der Waals surface area (Å²) < 4.78 is 16.8. The van der Waals surface area contributed by atoms with Crippen LogP contribution in [-0.2, 0) is 4.74 Å². The van der Waals surface area contributed by atoms with E-state index in [-0.39, 0.29) is 6.04 Å². The number of hydrogen-bond donors (Lipinski definition) is 1. The van der Waals surface area contributed by atoms with Crippen molar-refractivity contribution in [2.75, 3.05) is 19.8 Å². The molecule has 1 aromatic rings. The van der Waals surface area contributed by atoms with Crippen LogP contribution in [0.2, 0.25) is 0 Å². The minimum absolute atomic E-state index is 0.245. The zero-order valence-electron chi connectivity index (χ0n) is 12.2. The second-order valence-electron chi connectivity index (χ2n) is 4.65. The van der Waals surface area contributed by atoms with Gasteiger partial charge in [0.1, 0.15) is 5.76 Å². The number of nitrogens with two attached hydrogens (primary N) is 1. The number of rotatable bonds is 6. The van der Waals surface area contributed by atoms with Crippen LogP contribution >= 0.6 is 0 Å². The predicted octanol–water partition coefficient (Wildman–Crippen LogP) is 3.18. The van der Waals surface area contributed by atoms with Crippen molar-refractivity contribution in [2.24, 2.45) is 5.73 Å². The van der Waals surface area contributed by atoms with Crippen molar-refractivity contribution in [2.45, 2.75) is 32.7 Å². The van der Waals surface area contributed by atoms with Crippen LogP contribution in [0.4, 0.5) is 0 Å². The molecule has 1 heterocycles. The van der Waals surface area contributed by atoms with E-state index < -0.39 is 0 Å². The Hall–Kier alpha value is -1.68. The lowest BCUT2D eigenvalue weighted by molar-refractivity contribution is 0.175. The van der Waals surface area contributed by atoms with Gasteiger partial charge in [-0.2, -0.15) is 0 Å². The van der Waals surface area contributed by atoms with Gasteiger partial charge in [0.25, 0.3) is 0 Å². The molecule has 4 heteroatoms. The predicted molar refractivity (Wildman–Crippen MR) is 79.0 cm³/mol. The van der Waals surface area contributed by atoms with E-state index in [2.05, 4.69) is 6.08 Å². The highest BCUT2D eigenvalue weighted by atomic mass is 16.5. The molecule has 0 aromatic heterocycles. The van der Waals surface area contributed by atoms with Crippen LogP contribution in [0.3, 0.4) is 0 Å². The fourth-order valence-electron chi connectivity index (χ4n) is 2.22. The Bertz CT molecular complexity index is 471.